The molecular weight excluding hydrogens is 184 g/mol. The molecule has 0 aliphatic carbocycles. The van der Waals surface area contributed by atoms with Gasteiger partial charge in [0.05, 0.1) is 18.5 Å². The molecule has 0 atom stereocenters. The summed E-state index contributed by atoms with van der Waals surface area (Å²) in [6.45, 7) is 3.42. The van der Waals surface area contributed by atoms with E-state index in [0.717, 1.165) is 5.69 Å². The van der Waals surface area contributed by atoms with Crippen LogP contribution in [0.15, 0.2) is 6.20 Å². The smallest absolute Gasteiger partial charge is 0.343 e. The fourth-order valence-corrected chi connectivity index (χ4v) is 0.838. The van der Waals surface area contributed by atoms with Crippen LogP contribution in [0.4, 0.5) is 0 Å². The third-order valence-electron chi connectivity index (χ3n) is 1.59. The molecule has 5 nitrogen and oxygen atoms in total. The topological polar surface area (TPSA) is 61.3 Å². The van der Waals surface area contributed by atoms with E-state index in [-0.39, 0.29) is 6.61 Å². The lowest BCUT2D eigenvalue weighted by molar-refractivity contribution is -0.143. The Balaban J connectivity index is 2.66. The van der Waals surface area contributed by atoms with Crippen LogP contribution in [0.2, 0.25) is 0 Å². The lowest BCUT2D eigenvalue weighted by Gasteiger charge is -2.06. The average molecular weight is 196 g/mol. The maximum atomic E-state index is 10.8. The summed E-state index contributed by atoms with van der Waals surface area (Å²) in [5, 5.41) is 0. The number of rotatable bonds is 3. The first-order valence-corrected chi connectivity index (χ1v) is 4.13. The van der Waals surface area contributed by atoms with Gasteiger partial charge in [-0.3, -0.25) is 4.98 Å². The molecule has 0 fully saturated rings. The van der Waals surface area contributed by atoms with E-state index in [4.69, 9.17) is 4.74 Å². The number of hydrogen-bond donors (Lipinski definition) is 0. The molecule has 0 unspecified atom stereocenters. The first-order valence-electron chi connectivity index (χ1n) is 4.13. The zero-order valence-electron chi connectivity index (χ0n) is 8.40. The molecule has 1 rings (SSSR count). The van der Waals surface area contributed by atoms with Gasteiger partial charge < -0.3 is 9.47 Å². The maximum absolute atomic E-state index is 10.8. The van der Waals surface area contributed by atoms with Crippen LogP contribution < -0.4 is 4.74 Å². The van der Waals surface area contributed by atoms with Crippen LogP contribution in [0, 0.1) is 13.8 Å². The van der Waals surface area contributed by atoms with Crippen molar-refractivity contribution in [2.45, 2.75) is 13.8 Å². The first kappa shape index (κ1) is 10.4. The van der Waals surface area contributed by atoms with Crippen molar-refractivity contribution in [3.05, 3.63) is 17.6 Å². The van der Waals surface area contributed by atoms with E-state index in [1.807, 2.05) is 0 Å². The number of carbonyl (C=O) groups excluding carboxylic acids is 1. The van der Waals surface area contributed by atoms with E-state index < -0.39 is 5.97 Å². The van der Waals surface area contributed by atoms with Crippen molar-refractivity contribution >= 4 is 5.97 Å². The summed E-state index contributed by atoms with van der Waals surface area (Å²) in [6, 6.07) is 0. The summed E-state index contributed by atoms with van der Waals surface area (Å²) in [7, 11) is 1.31. The molecule has 0 aromatic carbocycles. The summed E-state index contributed by atoms with van der Waals surface area (Å²) in [5.74, 6) is -0.0666. The minimum atomic E-state index is -0.437. The molecule has 76 valence electrons. The van der Waals surface area contributed by atoms with Gasteiger partial charge in [0, 0.05) is 6.20 Å². The van der Waals surface area contributed by atoms with Crippen LogP contribution in [0.1, 0.15) is 11.4 Å². The lowest BCUT2D eigenvalue weighted by Crippen LogP contribution is -2.14. The Labute approximate surface area is 82.1 Å². The fraction of sp³-hybridized carbons (Fsp3) is 0.444. The highest BCUT2D eigenvalue weighted by Gasteiger charge is 2.06. The Hall–Kier alpha value is -1.65. The third kappa shape index (κ3) is 2.69. The van der Waals surface area contributed by atoms with Crippen LogP contribution in [0.3, 0.4) is 0 Å². The number of hydrogen-bond acceptors (Lipinski definition) is 5. The zero-order valence-corrected chi connectivity index (χ0v) is 8.40. The highest BCUT2D eigenvalue weighted by molar-refractivity contribution is 5.70. The van der Waals surface area contributed by atoms with Crippen LogP contribution >= 0.6 is 0 Å². The van der Waals surface area contributed by atoms with Crippen LogP contribution in [0.5, 0.6) is 5.88 Å². The molecule has 1 aromatic heterocycles. The highest BCUT2D eigenvalue weighted by Crippen LogP contribution is 2.11. The van der Waals surface area contributed by atoms with Crippen molar-refractivity contribution in [3.8, 4) is 5.88 Å². The summed E-state index contributed by atoms with van der Waals surface area (Å²) in [5.41, 5.74) is 1.40. The van der Waals surface area contributed by atoms with Crippen molar-refractivity contribution in [2.75, 3.05) is 13.7 Å². The van der Waals surface area contributed by atoms with E-state index in [1.54, 1.807) is 20.0 Å². The van der Waals surface area contributed by atoms with Crippen LogP contribution in [-0.4, -0.2) is 29.7 Å². The van der Waals surface area contributed by atoms with E-state index in [0.29, 0.717) is 11.6 Å². The number of methoxy groups -OCH3 is 1. The zero-order chi connectivity index (χ0) is 10.6. The molecule has 0 saturated heterocycles. The molecule has 14 heavy (non-hydrogen) atoms. The van der Waals surface area contributed by atoms with Crippen molar-refractivity contribution in [3.63, 3.8) is 0 Å². The second-order valence-corrected chi connectivity index (χ2v) is 2.77. The van der Waals surface area contributed by atoms with Gasteiger partial charge >= 0.3 is 5.97 Å². The molecule has 0 saturated carbocycles. The predicted molar refractivity (Wildman–Crippen MR) is 49.0 cm³/mol. The van der Waals surface area contributed by atoms with Crippen LogP contribution in [0.25, 0.3) is 0 Å². The highest BCUT2D eigenvalue weighted by atomic mass is 16.6. The Morgan fingerprint density at radius 2 is 2.21 bits per heavy atom. The third-order valence-corrected chi connectivity index (χ3v) is 1.59. The van der Waals surface area contributed by atoms with Gasteiger partial charge in [-0.2, -0.15) is 0 Å². The van der Waals surface area contributed by atoms with Gasteiger partial charge in [-0.15, -0.1) is 0 Å². The molecule has 0 spiro atoms. The van der Waals surface area contributed by atoms with Crippen molar-refractivity contribution in [2.24, 2.45) is 0 Å². The monoisotopic (exact) mass is 196 g/mol. The lowest BCUT2D eigenvalue weighted by atomic mass is 10.4. The SMILES string of the molecule is COC(=O)COc1nc(C)cnc1C. The van der Waals surface area contributed by atoms with Gasteiger partial charge in [-0.25, -0.2) is 9.78 Å². The predicted octanol–water partition coefficient (Wildman–Crippen LogP) is 0.645. The Kier molecular flexibility index (Phi) is 3.39. The molecule has 0 aliphatic heterocycles. The van der Waals surface area contributed by atoms with E-state index in [9.17, 15) is 4.79 Å². The standard InChI is InChI=1S/C9H12N2O3/c1-6-4-10-7(2)9(11-6)14-5-8(12)13-3/h4H,5H2,1-3H3. The van der Waals surface area contributed by atoms with Gasteiger partial charge in [0.2, 0.25) is 5.88 Å². The number of esters is 1. The van der Waals surface area contributed by atoms with Crippen molar-refractivity contribution < 1.29 is 14.3 Å². The van der Waals surface area contributed by atoms with Gasteiger partial charge in [0.15, 0.2) is 6.61 Å². The molecule has 0 bridgehead atoms. The summed E-state index contributed by atoms with van der Waals surface area (Å²) < 4.78 is 9.55. The number of aryl methyl sites for hydroxylation is 2. The Bertz CT molecular complexity index is 339. The van der Waals surface area contributed by atoms with Crippen molar-refractivity contribution in [1.29, 1.82) is 0 Å². The number of carbonyl (C=O) groups is 1. The Morgan fingerprint density at radius 1 is 1.50 bits per heavy atom. The van der Waals surface area contributed by atoms with E-state index in [2.05, 4.69) is 14.7 Å². The molecule has 0 N–H and O–H groups in total. The second kappa shape index (κ2) is 4.55. The van der Waals surface area contributed by atoms with Gasteiger partial charge in [-0.05, 0) is 13.8 Å². The first-order chi connectivity index (χ1) is 6.63. The molecule has 0 aliphatic rings. The summed E-state index contributed by atoms with van der Waals surface area (Å²) >= 11 is 0. The second-order valence-electron chi connectivity index (χ2n) is 2.77. The molecular formula is C9H12N2O3. The van der Waals surface area contributed by atoms with E-state index >= 15 is 0 Å². The van der Waals surface area contributed by atoms with Crippen molar-refractivity contribution in [1.82, 2.24) is 9.97 Å². The summed E-state index contributed by atoms with van der Waals surface area (Å²) in [6.07, 6.45) is 1.64. The normalized spacial score (nSPS) is 9.64. The van der Waals surface area contributed by atoms with Gasteiger partial charge in [0.25, 0.3) is 0 Å². The minimum Gasteiger partial charge on any atom is -0.466 e. The number of ether oxygens (including phenoxy) is 2. The fourth-order valence-electron chi connectivity index (χ4n) is 0.838. The molecule has 0 amide bonds. The van der Waals surface area contributed by atoms with Gasteiger partial charge in [-0.1, -0.05) is 0 Å². The molecule has 0 radical (unpaired) electrons. The maximum Gasteiger partial charge on any atom is 0.343 e. The minimum absolute atomic E-state index is 0.143. The largest absolute Gasteiger partial charge is 0.466 e. The number of aromatic nitrogens is 2. The average Bonchev–Trinajstić information content (AvgIpc) is 2.19. The number of nitrogens with zero attached hydrogens (tertiary/aromatic N) is 2. The van der Waals surface area contributed by atoms with Gasteiger partial charge in [0.1, 0.15) is 0 Å². The van der Waals surface area contributed by atoms with Crippen LogP contribution in [-0.2, 0) is 9.53 Å². The van der Waals surface area contributed by atoms with E-state index in [1.165, 1.54) is 7.11 Å². The summed E-state index contributed by atoms with van der Waals surface area (Å²) in [4.78, 5) is 18.9. The molecule has 5 heteroatoms. The Morgan fingerprint density at radius 3 is 2.86 bits per heavy atom. The molecule has 1 aromatic rings. The molecule has 1 heterocycles. The quantitative estimate of drug-likeness (QED) is 0.664.